The molecule has 27 heavy (non-hydrogen) atoms. The van der Waals surface area contributed by atoms with Crippen molar-refractivity contribution in [2.45, 2.75) is 25.9 Å². The number of ether oxygens (including phenoxy) is 2. The third-order valence-electron chi connectivity index (χ3n) is 4.71. The molecule has 0 N–H and O–H groups in total. The number of aromatic nitrogens is 2. The predicted molar refractivity (Wildman–Crippen MR) is 93.2 cm³/mol. The van der Waals surface area contributed by atoms with E-state index in [4.69, 9.17) is 9.47 Å². The van der Waals surface area contributed by atoms with E-state index in [9.17, 15) is 14.4 Å². The molecule has 146 valence electrons. The summed E-state index contributed by atoms with van der Waals surface area (Å²) in [5, 5.41) is 0. The van der Waals surface area contributed by atoms with E-state index in [1.807, 2.05) is 0 Å². The molecule has 0 atom stereocenters. The zero-order valence-electron chi connectivity index (χ0n) is 15.5. The number of rotatable bonds is 4. The molecule has 1 aromatic heterocycles. The first-order chi connectivity index (χ1) is 13.0. The fourth-order valence-corrected chi connectivity index (χ4v) is 3.15. The van der Waals surface area contributed by atoms with E-state index < -0.39 is 17.8 Å². The van der Waals surface area contributed by atoms with Gasteiger partial charge in [-0.3, -0.25) is 14.5 Å². The number of likely N-dealkylation sites (N-methyl/N-ethyl adjacent to an activating group) is 1. The van der Waals surface area contributed by atoms with E-state index >= 15 is 0 Å². The molecule has 2 fully saturated rings. The number of nitrogens with zero attached hydrogens (tertiary/aromatic N) is 5. The summed E-state index contributed by atoms with van der Waals surface area (Å²) in [5.41, 5.74) is 0. The van der Waals surface area contributed by atoms with Crippen molar-refractivity contribution in [3.63, 3.8) is 0 Å². The number of carbonyl (C=O) groups is 3. The molecule has 0 aromatic carbocycles. The fraction of sp³-hybridized carbons (Fsp3) is 0.588. The molecule has 0 saturated carbocycles. The number of hydrogen-bond donors (Lipinski definition) is 0. The summed E-state index contributed by atoms with van der Waals surface area (Å²) < 4.78 is 10.8. The summed E-state index contributed by atoms with van der Waals surface area (Å²) in [7, 11) is 1.48. The van der Waals surface area contributed by atoms with Crippen LogP contribution in [-0.2, 0) is 9.59 Å². The lowest BCUT2D eigenvalue weighted by Crippen LogP contribution is -2.59. The highest BCUT2D eigenvalue weighted by Crippen LogP contribution is 2.20. The molecule has 0 bridgehead atoms. The highest BCUT2D eigenvalue weighted by atomic mass is 16.5. The van der Waals surface area contributed by atoms with Crippen molar-refractivity contribution >= 4 is 17.8 Å². The van der Waals surface area contributed by atoms with Crippen molar-refractivity contribution in [2.75, 3.05) is 39.8 Å². The number of carbonyl (C=O) groups excluding carboxylic acids is 3. The maximum Gasteiger partial charge on any atom is 0.327 e. The Hall–Kier alpha value is -2.91. The van der Waals surface area contributed by atoms with E-state index in [-0.39, 0.29) is 18.7 Å². The second-order valence-electron chi connectivity index (χ2n) is 6.31. The standard InChI is InChI=1S/C17H23N5O5/c1-3-20-10-11-22(15(24)14(20)23)17(25)21-8-5-12(6-9-21)27-13-4-7-18-16(19-13)26-2/h4,7,12H,3,5-6,8-11H2,1-2H3. The van der Waals surface area contributed by atoms with Crippen LogP contribution >= 0.6 is 0 Å². The number of amides is 4. The van der Waals surface area contributed by atoms with Crippen molar-refractivity contribution < 1.29 is 23.9 Å². The maximum absolute atomic E-state index is 12.6. The van der Waals surface area contributed by atoms with Crippen molar-refractivity contribution in [1.29, 1.82) is 0 Å². The minimum atomic E-state index is -0.750. The normalized spacial score (nSPS) is 18.7. The molecule has 1 aromatic rings. The van der Waals surface area contributed by atoms with Gasteiger partial charge < -0.3 is 19.3 Å². The van der Waals surface area contributed by atoms with Crippen LogP contribution in [0.15, 0.2) is 12.3 Å². The maximum atomic E-state index is 12.6. The molecule has 2 aliphatic heterocycles. The van der Waals surface area contributed by atoms with Gasteiger partial charge in [0, 0.05) is 57.8 Å². The zero-order chi connectivity index (χ0) is 19.4. The van der Waals surface area contributed by atoms with Gasteiger partial charge in [-0.05, 0) is 6.92 Å². The van der Waals surface area contributed by atoms with Gasteiger partial charge in [-0.1, -0.05) is 0 Å². The van der Waals surface area contributed by atoms with Gasteiger partial charge in [0.2, 0.25) is 5.88 Å². The molecule has 10 heteroatoms. The summed E-state index contributed by atoms with van der Waals surface area (Å²) in [6.07, 6.45) is 2.67. The lowest BCUT2D eigenvalue weighted by molar-refractivity contribution is -0.154. The van der Waals surface area contributed by atoms with Crippen molar-refractivity contribution in [2.24, 2.45) is 0 Å². The molecular formula is C17H23N5O5. The zero-order valence-corrected chi connectivity index (χ0v) is 15.5. The van der Waals surface area contributed by atoms with E-state index in [1.54, 1.807) is 24.1 Å². The number of piperidine rings is 1. The molecular weight excluding hydrogens is 354 g/mol. The number of likely N-dealkylation sites (tertiary alicyclic amines) is 1. The number of hydrogen-bond acceptors (Lipinski definition) is 7. The first-order valence-corrected chi connectivity index (χ1v) is 8.96. The fourth-order valence-electron chi connectivity index (χ4n) is 3.15. The van der Waals surface area contributed by atoms with E-state index in [1.165, 1.54) is 12.0 Å². The van der Waals surface area contributed by atoms with Crippen LogP contribution in [0.3, 0.4) is 0 Å². The summed E-state index contributed by atoms with van der Waals surface area (Å²) in [5.74, 6) is -0.948. The van der Waals surface area contributed by atoms with Gasteiger partial charge in [-0.15, -0.1) is 0 Å². The lowest BCUT2D eigenvalue weighted by Gasteiger charge is -2.37. The Kier molecular flexibility index (Phi) is 5.72. The summed E-state index contributed by atoms with van der Waals surface area (Å²) in [6, 6.07) is 1.47. The van der Waals surface area contributed by atoms with Gasteiger partial charge in [0.1, 0.15) is 6.10 Å². The van der Waals surface area contributed by atoms with Gasteiger partial charge >= 0.3 is 23.9 Å². The minimum Gasteiger partial charge on any atom is -0.474 e. The number of piperazine rings is 1. The van der Waals surface area contributed by atoms with Gasteiger partial charge in [0.15, 0.2) is 0 Å². The van der Waals surface area contributed by atoms with Gasteiger partial charge in [-0.2, -0.15) is 4.98 Å². The molecule has 0 aliphatic carbocycles. The largest absolute Gasteiger partial charge is 0.474 e. The van der Waals surface area contributed by atoms with Crippen LogP contribution in [0.25, 0.3) is 0 Å². The first-order valence-electron chi connectivity index (χ1n) is 8.96. The average molecular weight is 377 g/mol. The van der Waals surface area contributed by atoms with Gasteiger partial charge in [0.05, 0.1) is 7.11 Å². The minimum absolute atomic E-state index is 0.0945. The molecule has 4 amide bonds. The molecule has 3 rings (SSSR count). The number of urea groups is 1. The van der Waals surface area contributed by atoms with Gasteiger partial charge in [0.25, 0.3) is 0 Å². The highest BCUT2D eigenvalue weighted by Gasteiger charge is 2.38. The molecule has 10 nitrogen and oxygen atoms in total. The first kappa shape index (κ1) is 18.9. The smallest absolute Gasteiger partial charge is 0.327 e. The Labute approximate surface area is 157 Å². The monoisotopic (exact) mass is 377 g/mol. The van der Waals surface area contributed by atoms with E-state index in [2.05, 4.69) is 9.97 Å². The van der Waals surface area contributed by atoms with Crippen LogP contribution in [-0.4, -0.2) is 88.5 Å². The van der Waals surface area contributed by atoms with Crippen molar-refractivity contribution in [3.8, 4) is 11.9 Å². The molecule has 2 aliphatic rings. The van der Waals surface area contributed by atoms with Gasteiger partial charge in [-0.25, -0.2) is 9.78 Å². The van der Waals surface area contributed by atoms with Crippen LogP contribution in [0.2, 0.25) is 0 Å². The van der Waals surface area contributed by atoms with E-state index in [0.29, 0.717) is 44.9 Å². The van der Waals surface area contributed by atoms with Crippen molar-refractivity contribution in [1.82, 2.24) is 24.7 Å². The molecule has 2 saturated heterocycles. The molecule has 0 spiro atoms. The predicted octanol–water partition coefficient (Wildman–Crippen LogP) is 0.139. The highest BCUT2D eigenvalue weighted by molar-refractivity contribution is 6.38. The Balaban J connectivity index is 1.53. The lowest BCUT2D eigenvalue weighted by atomic mass is 10.1. The Morgan fingerprint density at radius 2 is 1.93 bits per heavy atom. The third-order valence-corrected chi connectivity index (χ3v) is 4.71. The van der Waals surface area contributed by atoms with Crippen LogP contribution in [0.5, 0.6) is 11.9 Å². The summed E-state index contributed by atoms with van der Waals surface area (Å²) in [4.78, 5) is 48.9. The van der Waals surface area contributed by atoms with Crippen LogP contribution in [0, 0.1) is 0 Å². The Morgan fingerprint density at radius 1 is 1.19 bits per heavy atom. The second kappa shape index (κ2) is 8.19. The molecule has 0 unspecified atom stereocenters. The summed E-state index contributed by atoms with van der Waals surface area (Å²) in [6.45, 7) is 3.77. The SMILES string of the molecule is CCN1CCN(C(=O)N2CCC(Oc3ccnc(OC)n3)CC2)C(=O)C1=O. The van der Waals surface area contributed by atoms with Crippen LogP contribution in [0.4, 0.5) is 4.79 Å². The van der Waals surface area contributed by atoms with Crippen LogP contribution < -0.4 is 9.47 Å². The molecule has 0 radical (unpaired) electrons. The van der Waals surface area contributed by atoms with Crippen LogP contribution in [0.1, 0.15) is 19.8 Å². The van der Waals surface area contributed by atoms with Crippen molar-refractivity contribution in [3.05, 3.63) is 12.3 Å². The Morgan fingerprint density at radius 3 is 2.59 bits per heavy atom. The topological polar surface area (TPSA) is 105 Å². The number of imide groups is 1. The average Bonchev–Trinajstić information content (AvgIpc) is 2.70. The third kappa shape index (κ3) is 4.09. The second-order valence-corrected chi connectivity index (χ2v) is 6.31. The summed E-state index contributed by atoms with van der Waals surface area (Å²) >= 11 is 0. The van der Waals surface area contributed by atoms with E-state index in [0.717, 1.165) is 4.90 Å². The number of methoxy groups -OCH3 is 1. The quantitative estimate of drug-likeness (QED) is 0.687. The molecule has 3 heterocycles. The Bertz CT molecular complexity index is 719.